The molecule has 0 heterocycles. The Balaban J connectivity index is 0. The molecular weight excluding hydrogens is 619 g/mol. The van der Waals surface area contributed by atoms with Crippen LogP contribution in [-0.4, -0.2) is 33.8 Å². The maximum atomic E-state index is 11.9. The molecule has 0 spiro atoms. The van der Waals surface area contributed by atoms with E-state index in [1.807, 2.05) is 0 Å². The fraction of sp³-hybridized carbons (Fsp3) is 0.947. The molecule has 2 N–H and O–H groups in total. The van der Waals surface area contributed by atoms with Crippen LogP contribution in [0.2, 0.25) is 0 Å². The molecule has 0 saturated heterocycles. The van der Waals surface area contributed by atoms with E-state index in [4.69, 9.17) is 26.1 Å². The summed E-state index contributed by atoms with van der Waals surface area (Å²) in [6, 6.07) is 0. The second-order valence-corrected chi connectivity index (χ2v) is 15.5. The van der Waals surface area contributed by atoms with Gasteiger partial charge in [-0.05, 0) is 12.8 Å². The van der Waals surface area contributed by atoms with Crippen LogP contribution >= 0.6 is 19.2 Å². The Bertz CT molecular complexity index is 640. The van der Waals surface area contributed by atoms with E-state index in [0.29, 0.717) is 12.8 Å². The van der Waals surface area contributed by atoms with Crippen molar-refractivity contribution in [3.8, 4) is 0 Å². The number of rotatable bonds is 34. The lowest BCUT2D eigenvalue weighted by Crippen LogP contribution is -2.11. The van der Waals surface area contributed by atoms with Crippen molar-refractivity contribution < 1.29 is 28.7 Å². The molecule has 276 valence electrons. The van der Waals surface area contributed by atoms with E-state index in [0.717, 1.165) is 25.7 Å². The van der Waals surface area contributed by atoms with Gasteiger partial charge >= 0.3 is 19.5 Å². The summed E-state index contributed by atoms with van der Waals surface area (Å²) in [5.74, 6) is -0.629. The molecule has 0 bridgehead atoms. The third-order valence-corrected chi connectivity index (χ3v) is 9.83. The molecule has 0 aliphatic carbocycles. The monoisotopic (exact) mass is 695 g/mol. The van der Waals surface area contributed by atoms with Gasteiger partial charge in [-0.2, -0.15) is 0 Å². The molecule has 0 rings (SSSR count). The summed E-state index contributed by atoms with van der Waals surface area (Å²) in [6.07, 6.45) is 39.9. The molecule has 0 aromatic carbocycles. The number of hydrogen-bond acceptors (Lipinski definition) is 4. The van der Waals surface area contributed by atoms with Gasteiger partial charge < -0.3 is 14.5 Å². The summed E-state index contributed by atoms with van der Waals surface area (Å²) in [5, 5.41) is 0. The number of halogens is 1. The van der Waals surface area contributed by atoms with Crippen LogP contribution in [0.15, 0.2) is 0 Å². The first-order valence-electron chi connectivity index (χ1n) is 19.6. The second-order valence-electron chi connectivity index (χ2n) is 13.3. The topological polar surface area (TPSA) is 101 Å². The molecule has 0 fully saturated rings. The maximum Gasteiger partial charge on any atom is 0.326 e. The largest absolute Gasteiger partial charge is 0.393 e. The summed E-state index contributed by atoms with van der Waals surface area (Å²) in [5.41, 5.74) is 0. The van der Waals surface area contributed by atoms with Crippen LogP contribution in [0.3, 0.4) is 0 Å². The predicted octanol–water partition coefficient (Wildman–Crippen LogP) is 13.0. The smallest absolute Gasteiger partial charge is 0.326 e. The van der Waals surface area contributed by atoms with Crippen LogP contribution < -0.4 is 0 Å². The van der Waals surface area contributed by atoms with E-state index in [9.17, 15) is 14.2 Å². The van der Waals surface area contributed by atoms with Crippen molar-refractivity contribution >= 4 is 31.1 Å². The zero-order valence-corrected chi connectivity index (χ0v) is 32.0. The Kier molecular flexibility index (Phi) is 40.5. The summed E-state index contributed by atoms with van der Waals surface area (Å²) in [6.45, 7) is 4.55. The predicted molar refractivity (Wildman–Crippen MR) is 198 cm³/mol. The second kappa shape index (κ2) is 39.0. The fourth-order valence-corrected chi connectivity index (χ4v) is 6.50. The highest BCUT2D eigenvalue weighted by molar-refractivity contribution is 7.51. The van der Waals surface area contributed by atoms with Crippen molar-refractivity contribution in [2.75, 3.05) is 12.0 Å². The van der Waals surface area contributed by atoms with Crippen LogP contribution in [0, 0.1) is 0 Å². The van der Waals surface area contributed by atoms with Crippen molar-refractivity contribution in [3.63, 3.8) is 0 Å². The molecule has 0 aliphatic heterocycles. The average Bonchev–Trinajstić information content (AvgIpc) is 3.00. The van der Waals surface area contributed by atoms with Crippen LogP contribution in [-0.2, 0) is 18.9 Å². The van der Waals surface area contributed by atoms with Crippen LogP contribution in [0.5, 0.6) is 0 Å². The van der Waals surface area contributed by atoms with Crippen molar-refractivity contribution in [3.05, 3.63) is 0 Å². The lowest BCUT2D eigenvalue weighted by molar-refractivity contribution is -0.159. The number of unbranched alkanes of at least 4 members (excludes halogenated alkanes) is 28. The first kappa shape index (κ1) is 47.7. The quantitative estimate of drug-likeness (QED) is 0.0228. The number of carbonyl (C=O) groups excluding carboxylic acids is 2. The van der Waals surface area contributed by atoms with Gasteiger partial charge in [0.25, 0.3) is 0 Å². The van der Waals surface area contributed by atoms with E-state index >= 15 is 0 Å². The molecule has 0 saturated carbocycles. The molecule has 0 amide bonds. The summed E-state index contributed by atoms with van der Waals surface area (Å²) >= 11 is 4.99. The number of esters is 2. The van der Waals surface area contributed by atoms with Gasteiger partial charge in [-0.3, -0.25) is 14.2 Å². The molecule has 0 atom stereocenters. The molecule has 6 nitrogen and oxygen atoms in total. The van der Waals surface area contributed by atoms with E-state index < -0.39 is 7.60 Å². The van der Waals surface area contributed by atoms with Crippen LogP contribution in [0.4, 0.5) is 0 Å². The van der Waals surface area contributed by atoms with Gasteiger partial charge in [-0.25, -0.2) is 0 Å². The highest BCUT2D eigenvalue weighted by Crippen LogP contribution is 2.33. The lowest BCUT2D eigenvalue weighted by Gasteiger charge is -2.05. The van der Waals surface area contributed by atoms with Gasteiger partial charge in [-0.1, -0.05) is 194 Å². The number of ether oxygens (including phenoxy) is 1. The molecule has 0 unspecified atom stereocenters. The minimum absolute atomic E-state index is 0.0181. The van der Waals surface area contributed by atoms with Crippen molar-refractivity contribution in [1.82, 2.24) is 0 Å². The fourth-order valence-electron chi connectivity index (χ4n) is 5.62. The summed E-state index contributed by atoms with van der Waals surface area (Å²) in [4.78, 5) is 39.9. The Hall–Kier alpha value is -0.420. The summed E-state index contributed by atoms with van der Waals surface area (Å²) < 4.78 is 14.9. The lowest BCUT2D eigenvalue weighted by atomic mass is 10.0. The maximum absolute atomic E-state index is 11.9. The third kappa shape index (κ3) is 45.7. The van der Waals surface area contributed by atoms with Gasteiger partial charge in [0.2, 0.25) is 0 Å². The molecule has 0 aliphatic rings. The molecular formula is C38H76ClO6P. The number of carbonyl (C=O) groups is 2. The normalized spacial score (nSPS) is 11.3. The minimum Gasteiger partial charge on any atom is -0.393 e. The Morgan fingerprint density at radius 1 is 0.457 bits per heavy atom. The minimum atomic E-state index is -3.80. The van der Waals surface area contributed by atoms with Gasteiger partial charge in [0.15, 0.2) is 0 Å². The number of alkyl halides is 1. The Morgan fingerprint density at radius 3 is 0.848 bits per heavy atom. The van der Waals surface area contributed by atoms with Crippen LogP contribution in [0.1, 0.15) is 219 Å². The zero-order valence-electron chi connectivity index (χ0n) is 30.4. The highest BCUT2D eigenvalue weighted by Gasteiger charge is 2.10. The molecule has 8 heteroatoms. The Morgan fingerprint density at radius 2 is 0.674 bits per heavy atom. The van der Waals surface area contributed by atoms with E-state index in [2.05, 4.69) is 13.8 Å². The van der Waals surface area contributed by atoms with Crippen molar-refractivity contribution in [2.24, 2.45) is 0 Å². The zero-order chi connectivity index (χ0) is 34.4. The van der Waals surface area contributed by atoms with Crippen LogP contribution in [0.25, 0.3) is 0 Å². The van der Waals surface area contributed by atoms with E-state index in [1.165, 1.54) is 167 Å². The van der Waals surface area contributed by atoms with E-state index in [1.54, 1.807) is 0 Å². The van der Waals surface area contributed by atoms with Crippen molar-refractivity contribution in [2.45, 2.75) is 219 Å². The van der Waals surface area contributed by atoms with Gasteiger partial charge in [0, 0.05) is 18.7 Å². The van der Waals surface area contributed by atoms with E-state index in [-0.39, 0.29) is 24.0 Å². The summed E-state index contributed by atoms with van der Waals surface area (Å²) in [7, 11) is -3.80. The number of hydrogen-bond donors (Lipinski definition) is 2. The first-order valence-corrected chi connectivity index (χ1v) is 21.9. The first-order chi connectivity index (χ1) is 22.3. The van der Waals surface area contributed by atoms with Gasteiger partial charge in [0.05, 0.1) is 6.16 Å². The third-order valence-electron chi connectivity index (χ3n) is 8.57. The van der Waals surface area contributed by atoms with Gasteiger partial charge in [0.1, 0.15) is 0 Å². The van der Waals surface area contributed by atoms with Gasteiger partial charge in [-0.15, -0.1) is 11.6 Å². The van der Waals surface area contributed by atoms with Crippen molar-refractivity contribution in [1.29, 1.82) is 0 Å². The molecule has 46 heavy (non-hydrogen) atoms. The molecule has 0 radical (unpaired) electrons. The highest BCUT2D eigenvalue weighted by atomic mass is 35.5. The molecule has 0 aromatic heterocycles. The standard InChI is InChI=1S/C36H70O3.C2H6ClO3P/c1-3-5-7-9-11-13-15-17-19-21-23-25-27-29-31-33-35(37)39-36(38)34-32-30-28-26-24-22-20-18-16-14-12-10-8-6-4-2;3-1-2-7(4,5)6/h3-34H2,1-2H3;1-2H2,(H2,4,5,6). The SMILES string of the molecule is CCCCCCCCCCCCCCCCCC(=O)OC(=O)CCCCCCCCCCCCCCCCC.O=P(O)(O)CCCl. The average molecular weight is 695 g/mol. The molecule has 0 aromatic rings. The Labute approximate surface area is 290 Å².